The summed E-state index contributed by atoms with van der Waals surface area (Å²) in [4.78, 5) is 7.08. The number of rotatable bonds is 6. The van der Waals surface area contributed by atoms with Crippen molar-refractivity contribution in [1.29, 1.82) is 0 Å². The van der Waals surface area contributed by atoms with Crippen LogP contribution in [-0.4, -0.2) is 12.8 Å². The Labute approximate surface area is 161 Å². The smallest absolute Gasteiger partial charge is 0.0625 e. The summed E-state index contributed by atoms with van der Waals surface area (Å²) in [5.74, 6) is 0. The van der Waals surface area contributed by atoms with Crippen LogP contribution in [0, 0.1) is 0 Å². The lowest BCUT2D eigenvalue weighted by Crippen LogP contribution is -2.28. The minimum atomic E-state index is 0.845. The number of allylic oxidation sites excluding steroid dienone is 2. The van der Waals surface area contributed by atoms with Gasteiger partial charge < -0.3 is 4.90 Å². The van der Waals surface area contributed by atoms with E-state index in [1.54, 1.807) is 0 Å². The van der Waals surface area contributed by atoms with Gasteiger partial charge in [-0.3, -0.25) is 4.99 Å². The number of hydrogen-bond donors (Lipinski definition) is 0. The van der Waals surface area contributed by atoms with Gasteiger partial charge in [-0.05, 0) is 42.2 Å². The molecule has 0 unspecified atom stereocenters. The van der Waals surface area contributed by atoms with Crippen LogP contribution in [0.4, 0.5) is 11.4 Å². The molecule has 2 nitrogen and oxygen atoms in total. The van der Waals surface area contributed by atoms with Gasteiger partial charge in [0.25, 0.3) is 0 Å². The molecule has 1 aliphatic heterocycles. The molecule has 0 saturated carbocycles. The second kappa shape index (κ2) is 8.50. The lowest BCUT2D eigenvalue weighted by molar-refractivity contribution is 0.836. The molecular formula is C25H24N2. The van der Waals surface area contributed by atoms with Crippen molar-refractivity contribution in [2.75, 3.05) is 11.4 Å². The molecule has 1 heterocycles. The molecule has 27 heavy (non-hydrogen) atoms. The Balaban J connectivity index is 1.51. The maximum atomic E-state index is 4.62. The minimum absolute atomic E-state index is 0.845. The zero-order chi connectivity index (χ0) is 18.3. The van der Waals surface area contributed by atoms with Crippen molar-refractivity contribution in [1.82, 2.24) is 0 Å². The molecule has 0 saturated heterocycles. The van der Waals surface area contributed by atoms with E-state index in [1.807, 2.05) is 36.5 Å². The maximum Gasteiger partial charge on any atom is 0.0625 e. The average molecular weight is 352 g/mol. The third kappa shape index (κ3) is 4.35. The van der Waals surface area contributed by atoms with Gasteiger partial charge in [0.2, 0.25) is 0 Å². The van der Waals surface area contributed by atoms with Gasteiger partial charge >= 0.3 is 0 Å². The molecule has 2 heteroatoms. The molecule has 0 aliphatic carbocycles. The fourth-order valence-corrected chi connectivity index (χ4v) is 3.54. The Bertz CT molecular complexity index is 927. The Kier molecular flexibility index (Phi) is 5.44. The predicted molar refractivity (Wildman–Crippen MR) is 115 cm³/mol. The molecule has 0 fully saturated rings. The van der Waals surface area contributed by atoms with Crippen LogP contribution in [-0.2, 0) is 12.8 Å². The van der Waals surface area contributed by atoms with E-state index < -0.39 is 0 Å². The SMILES string of the molecule is C(CC1=CCc2ccccc2N1CCc1ccccc1)=Nc1ccccc1. The molecule has 3 aromatic carbocycles. The highest BCUT2D eigenvalue weighted by Gasteiger charge is 2.18. The Morgan fingerprint density at radius 1 is 0.815 bits per heavy atom. The Hall–Kier alpha value is -3.13. The van der Waals surface area contributed by atoms with Crippen LogP contribution in [0.2, 0.25) is 0 Å². The summed E-state index contributed by atoms with van der Waals surface area (Å²) in [5.41, 5.74) is 6.45. The van der Waals surface area contributed by atoms with E-state index >= 15 is 0 Å². The molecular weight excluding hydrogens is 328 g/mol. The average Bonchev–Trinajstić information content (AvgIpc) is 2.74. The molecule has 1 aliphatic rings. The van der Waals surface area contributed by atoms with Gasteiger partial charge in [0.05, 0.1) is 5.69 Å². The van der Waals surface area contributed by atoms with Gasteiger partial charge in [0, 0.05) is 30.6 Å². The van der Waals surface area contributed by atoms with Crippen LogP contribution in [0.25, 0.3) is 0 Å². The van der Waals surface area contributed by atoms with E-state index in [1.165, 1.54) is 22.5 Å². The first kappa shape index (κ1) is 17.3. The van der Waals surface area contributed by atoms with Crippen LogP contribution in [0.15, 0.2) is 102 Å². The fraction of sp³-hybridized carbons (Fsp3) is 0.160. The van der Waals surface area contributed by atoms with Gasteiger partial charge in [-0.2, -0.15) is 0 Å². The third-order valence-electron chi connectivity index (χ3n) is 4.95. The molecule has 4 rings (SSSR count). The van der Waals surface area contributed by atoms with Crippen LogP contribution in [0.1, 0.15) is 17.5 Å². The largest absolute Gasteiger partial charge is 0.344 e. The van der Waals surface area contributed by atoms with Crippen molar-refractivity contribution in [3.63, 3.8) is 0 Å². The summed E-state index contributed by atoms with van der Waals surface area (Å²) in [7, 11) is 0. The zero-order valence-electron chi connectivity index (χ0n) is 15.5. The molecule has 0 N–H and O–H groups in total. The first-order chi connectivity index (χ1) is 13.4. The number of para-hydroxylation sites is 2. The first-order valence-corrected chi connectivity index (χ1v) is 9.56. The maximum absolute atomic E-state index is 4.62. The lowest BCUT2D eigenvalue weighted by atomic mass is 10.0. The molecule has 0 aromatic heterocycles. The highest BCUT2D eigenvalue weighted by molar-refractivity contribution is 5.70. The summed E-state index contributed by atoms with van der Waals surface area (Å²) in [6, 6.07) is 29.6. The third-order valence-corrected chi connectivity index (χ3v) is 4.95. The van der Waals surface area contributed by atoms with Crippen molar-refractivity contribution < 1.29 is 0 Å². The van der Waals surface area contributed by atoms with E-state index in [2.05, 4.69) is 70.6 Å². The second-order valence-electron chi connectivity index (χ2n) is 6.77. The first-order valence-electron chi connectivity index (χ1n) is 9.56. The summed E-state index contributed by atoms with van der Waals surface area (Å²) in [6.45, 7) is 0.978. The summed E-state index contributed by atoms with van der Waals surface area (Å²) < 4.78 is 0. The molecule has 0 radical (unpaired) electrons. The zero-order valence-corrected chi connectivity index (χ0v) is 15.5. The fourth-order valence-electron chi connectivity index (χ4n) is 3.54. The number of fused-ring (bicyclic) bond motifs is 1. The van der Waals surface area contributed by atoms with Crippen LogP contribution < -0.4 is 4.90 Å². The Morgan fingerprint density at radius 2 is 1.52 bits per heavy atom. The normalized spacial score (nSPS) is 13.5. The molecule has 0 atom stereocenters. The van der Waals surface area contributed by atoms with E-state index in [4.69, 9.17) is 0 Å². The van der Waals surface area contributed by atoms with Gasteiger partial charge in [0.1, 0.15) is 0 Å². The topological polar surface area (TPSA) is 15.6 Å². The van der Waals surface area contributed by atoms with Crippen LogP contribution in [0.3, 0.4) is 0 Å². The lowest BCUT2D eigenvalue weighted by Gasteiger charge is -2.32. The number of benzene rings is 3. The molecule has 0 spiro atoms. The van der Waals surface area contributed by atoms with Crippen molar-refractivity contribution in [3.05, 3.63) is 108 Å². The van der Waals surface area contributed by atoms with Gasteiger partial charge in [-0.15, -0.1) is 0 Å². The van der Waals surface area contributed by atoms with E-state index in [0.29, 0.717) is 0 Å². The highest BCUT2D eigenvalue weighted by atomic mass is 15.1. The molecule has 3 aromatic rings. The Morgan fingerprint density at radius 3 is 2.33 bits per heavy atom. The van der Waals surface area contributed by atoms with E-state index in [0.717, 1.165) is 31.5 Å². The van der Waals surface area contributed by atoms with E-state index in [-0.39, 0.29) is 0 Å². The highest BCUT2D eigenvalue weighted by Crippen LogP contribution is 2.31. The van der Waals surface area contributed by atoms with Crippen molar-refractivity contribution in [2.24, 2.45) is 4.99 Å². The second-order valence-corrected chi connectivity index (χ2v) is 6.77. The number of anilines is 1. The van der Waals surface area contributed by atoms with Crippen molar-refractivity contribution in [3.8, 4) is 0 Å². The monoisotopic (exact) mass is 352 g/mol. The van der Waals surface area contributed by atoms with E-state index in [9.17, 15) is 0 Å². The van der Waals surface area contributed by atoms with Gasteiger partial charge in [-0.25, -0.2) is 0 Å². The van der Waals surface area contributed by atoms with Gasteiger partial charge in [0.15, 0.2) is 0 Å². The van der Waals surface area contributed by atoms with Gasteiger partial charge in [-0.1, -0.05) is 72.8 Å². The van der Waals surface area contributed by atoms with Crippen molar-refractivity contribution >= 4 is 17.6 Å². The summed E-state index contributed by atoms with van der Waals surface area (Å²) in [6.07, 6.45) is 7.25. The predicted octanol–water partition coefficient (Wildman–Crippen LogP) is 5.97. The quantitative estimate of drug-likeness (QED) is 0.499. The number of nitrogens with zero attached hydrogens (tertiary/aromatic N) is 2. The minimum Gasteiger partial charge on any atom is -0.344 e. The summed E-state index contributed by atoms with van der Waals surface area (Å²) >= 11 is 0. The standard InChI is InChI=1S/C25H24N2/c1-3-9-21(10-4-1)18-20-27-24(16-15-22-11-7-8-14-25(22)27)17-19-26-23-12-5-2-6-13-23/h1-14,16,19H,15,17-18,20H2. The molecule has 134 valence electrons. The van der Waals surface area contributed by atoms with Crippen LogP contribution in [0.5, 0.6) is 0 Å². The van der Waals surface area contributed by atoms with Crippen molar-refractivity contribution in [2.45, 2.75) is 19.3 Å². The molecule has 0 bridgehead atoms. The number of aliphatic imine (C=N–C) groups is 1. The molecule has 0 amide bonds. The summed E-state index contributed by atoms with van der Waals surface area (Å²) in [5, 5.41) is 0. The van der Waals surface area contributed by atoms with Crippen LogP contribution >= 0.6 is 0 Å². The number of hydrogen-bond acceptors (Lipinski definition) is 2.